The van der Waals surface area contributed by atoms with Crippen molar-refractivity contribution in [1.82, 2.24) is 20.0 Å². The van der Waals surface area contributed by atoms with Crippen molar-refractivity contribution in [2.45, 2.75) is 78.8 Å². The third-order valence-corrected chi connectivity index (χ3v) is 4.60. The fraction of sp³-hybridized carbons (Fsp3) is 0.789. The highest BCUT2D eigenvalue weighted by atomic mass is 16.6. The Morgan fingerprint density at radius 3 is 2.30 bits per heavy atom. The summed E-state index contributed by atoms with van der Waals surface area (Å²) in [6, 6.07) is -0.0967. The first-order chi connectivity index (χ1) is 12.9. The fourth-order valence-corrected chi connectivity index (χ4v) is 3.17. The highest BCUT2D eigenvalue weighted by Gasteiger charge is 2.27. The molecule has 1 atom stereocenters. The summed E-state index contributed by atoms with van der Waals surface area (Å²) in [6.45, 7) is 11.3. The molecule has 0 aromatic carbocycles. The summed E-state index contributed by atoms with van der Waals surface area (Å²) in [5, 5.41) is 18.0. The van der Waals surface area contributed by atoms with Gasteiger partial charge in [-0.1, -0.05) is 39.5 Å². The van der Waals surface area contributed by atoms with Crippen LogP contribution in [0.3, 0.4) is 0 Å². The first-order valence-electron chi connectivity index (χ1n) is 10.2. The molecule has 8 nitrogen and oxygen atoms in total. The van der Waals surface area contributed by atoms with E-state index in [1.807, 2.05) is 6.92 Å². The van der Waals surface area contributed by atoms with Crippen LogP contribution in [-0.2, 0) is 6.54 Å². The molecular weight excluding hydrogens is 346 g/mol. The van der Waals surface area contributed by atoms with E-state index in [4.69, 9.17) is 0 Å². The van der Waals surface area contributed by atoms with Gasteiger partial charge in [-0.2, -0.15) is 5.10 Å². The molecule has 27 heavy (non-hydrogen) atoms. The predicted molar refractivity (Wildman–Crippen MR) is 107 cm³/mol. The third kappa shape index (κ3) is 7.66. The molecule has 0 bridgehead atoms. The van der Waals surface area contributed by atoms with Crippen molar-refractivity contribution < 1.29 is 9.72 Å². The van der Waals surface area contributed by atoms with Crippen LogP contribution in [0.15, 0.2) is 6.20 Å². The lowest BCUT2D eigenvalue weighted by Gasteiger charge is -2.26. The maximum absolute atomic E-state index is 12.6. The van der Waals surface area contributed by atoms with Gasteiger partial charge in [0.1, 0.15) is 6.20 Å². The van der Waals surface area contributed by atoms with E-state index >= 15 is 0 Å². The van der Waals surface area contributed by atoms with Crippen LogP contribution in [-0.4, -0.2) is 51.2 Å². The molecule has 0 aliphatic carbocycles. The zero-order chi connectivity index (χ0) is 20.2. The van der Waals surface area contributed by atoms with E-state index in [1.165, 1.54) is 30.4 Å². The molecule has 0 saturated heterocycles. The molecule has 8 heteroatoms. The molecule has 0 radical (unpaired) electrons. The number of hydrogen-bond donors (Lipinski definition) is 1. The van der Waals surface area contributed by atoms with Crippen molar-refractivity contribution in [1.29, 1.82) is 0 Å². The van der Waals surface area contributed by atoms with Crippen LogP contribution in [0.1, 0.15) is 76.7 Å². The van der Waals surface area contributed by atoms with Crippen molar-refractivity contribution in [3.05, 3.63) is 22.0 Å². The Kier molecular flexibility index (Phi) is 10.6. The van der Waals surface area contributed by atoms with E-state index in [1.54, 1.807) is 6.92 Å². The van der Waals surface area contributed by atoms with E-state index in [0.29, 0.717) is 6.54 Å². The lowest BCUT2D eigenvalue weighted by atomic mass is 10.2. The minimum absolute atomic E-state index is 0.0258. The minimum Gasteiger partial charge on any atom is -0.347 e. The van der Waals surface area contributed by atoms with Crippen LogP contribution in [0.2, 0.25) is 0 Å². The van der Waals surface area contributed by atoms with Gasteiger partial charge in [0, 0.05) is 19.1 Å². The van der Waals surface area contributed by atoms with E-state index in [9.17, 15) is 14.9 Å². The van der Waals surface area contributed by atoms with Crippen LogP contribution in [0.25, 0.3) is 0 Å². The summed E-state index contributed by atoms with van der Waals surface area (Å²) < 4.78 is 1.38. The van der Waals surface area contributed by atoms with Crippen LogP contribution in [0.5, 0.6) is 0 Å². The van der Waals surface area contributed by atoms with Gasteiger partial charge in [-0.15, -0.1) is 0 Å². The molecule has 1 heterocycles. The Morgan fingerprint density at radius 2 is 1.81 bits per heavy atom. The van der Waals surface area contributed by atoms with Gasteiger partial charge in [-0.3, -0.25) is 19.6 Å². The molecule has 1 aromatic heterocycles. The monoisotopic (exact) mass is 381 g/mol. The molecule has 1 rings (SSSR count). The Hall–Kier alpha value is -1.96. The lowest BCUT2D eigenvalue weighted by molar-refractivity contribution is -0.385. The van der Waals surface area contributed by atoms with Gasteiger partial charge in [-0.05, 0) is 39.8 Å². The topological polar surface area (TPSA) is 93.3 Å². The maximum atomic E-state index is 12.6. The molecule has 0 aliphatic heterocycles. The zero-order valence-electron chi connectivity index (χ0n) is 17.2. The number of aromatic nitrogens is 2. The van der Waals surface area contributed by atoms with Crippen LogP contribution >= 0.6 is 0 Å². The summed E-state index contributed by atoms with van der Waals surface area (Å²) in [4.78, 5) is 25.6. The molecule has 0 saturated carbocycles. The molecule has 0 fully saturated rings. The molecule has 1 aromatic rings. The lowest BCUT2D eigenvalue weighted by Crippen LogP contribution is -2.43. The van der Waals surface area contributed by atoms with Crippen molar-refractivity contribution in [3.8, 4) is 0 Å². The van der Waals surface area contributed by atoms with Gasteiger partial charge >= 0.3 is 5.69 Å². The van der Waals surface area contributed by atoms with E-state index in [2.05, 4.69) is 29.2 Å². The normalized spacial score (nSPS) is 12.3. The molecule has 1 unspecified atom stereocenters. The molecule has 0 spiro atoms. The zero-order valence-corrected chi connectivity index (χ0v) is 17.2. The quantitative estimate of drug-likeness (QED) is 0.302. The number of nitrogens with one attached hydrogen (secondary N) is 1. The molecular formula is C19H35N5O3. The summed E-state index contributed by atoms with van der Waals surface area (Å²) in [5.41, 5.74) is -0.220. The Labute approximate surface area is 162 Å². The average molecular weight is 382 g/mol. The standard InChI is InChI=1S/C19H35N5O3/c1-5-8-10-12-22(13-11-9-6-2)15-16(4)21-19(25)18-17(24(26)27)14-20-23(18)7-3/h14,16H,5-13,15H2,1-4H3,(H,21,25). The number of rotatable bonds is 14. The van der Waals surface area contributed by atoms with Crippen LogP contribution < -0.4 is 5.32 Å². The Morgan fingerprint density at radius 1 is 1.22 bits per heavy atom. The van der Waals surface area contributed by atoms with Gasteiger partial charge < -0.3 is 10.2 Å². The largest absolute Gasteiger partial charge is 0.347 e. The van der Waals surface area contributed by atoms with Gasteiger partial charge in [0.15, 0.2) is 0 Å². The van der Waals surface area contributed by atoms with Gasteiger partial charge in [0.05, 0.1) is 4.92 Å². The summed E-state index contributed by atoms with van der Waals surface area (Å²) in [7, 11) is 0. The van der Waals surface area contributed by atoms with Gasteiger partial charge in [-0.25, -0.2) is 0 Å². The summed E-state index contributed by atoms with van der Waals surface area (Å²) in [5.74, 6) is -0.435. The molecule has 1 amide bonds. The predicted octanol–water partition coefficient (Wildman–Crippen LogP) is 3.61. The number of amides is 1. The second-order valence-electron chi connectivity index (χ2n) is 7.04. The number of carbonyl (C=O) groups excluding carboxylic acids is 1. The van der Waals surface area contributed by atoms with E-state index in [-0.39, 0.29) is 17.4 Å². The second-order valence-corrected chi connectivity index (χ2v) is 7.04. The fourth-order valence-electron chi connectivity index (χ4n) is 3.17. The molecule has 0 aliphatic rings. The average Bonchev–Trinajstić information content (AvgIpc) is 3.06. The van der Waals surface area contributed by atoms with E-state index in [0.717, 1.165) is 38.7 Å². The Balaban J connectivity index is 2.71. The van der Waals surface area contributed by atoms with Crippen molar-refractivity contribution in [3.63, 3.8) is 0 Å². The number of carbonyl (C=O) groups is 1. The smallest absolute Gasteiger partial charge is 0.320 e. The maximum Gasteiger partial charge on any atom is 0.320 e. The van der Waals surface area contributed by atoms with Crippen LogP contribution in [0.4, 0.5) is 5.69 Å². The molecule has 154 valence electrons. The summed E-state index contributed by atoms with van der Waals surface area (Å²) >= 11 is 0. The number of unbranched alkanes of at least 4 members (excludes halogenated alkanes) is 4. The van der Waals surface area contributed by atoms with Crippen molar-refractivity contribution in [2.75, 3.05) is 19.6 Å². The van der Waals surface area contributed by atoms with E-state index < -0.39 is 10.8 Å². The number of hydrogen-bond acceptors (Lipinski definition) is 5. The highest BCUT2D eigenvalue weighted by Crippen LogP contribution is 2.17. The highest BCUT2D eigenvalue weighted by molar-refractivity contribution is 5.96. The number of nitrogens with zero attached hydrogens (tertiary/aromatic N) is 4. The number of nitro groups is 1. The first-order valence-corrected chi connectivity index (χ1v) is 10.2. The second kappa shape index (κ2) is 12.4. The molecule has 1 N–H and O–H groups in total. The first kappa shape index (κ1) is 23.1. The third-order valence-electron chi connectivity index (χ3n) is 4.60. The van der Waals surface area contributed by atoms with Gasteiger partial charge in [0.25, 0.3) is 5.91 Å². The van der Waals surface area contributed by atoms with Crippen LogP contribution in [0, 0.1) is 10.1 Å². The van der Waals surface area contributed by atoms with Crippen molar-refractivity contribution in [2.24, 2.45) is 0 Å². The SMILES string of the molecule is CCCCCN(CCCCC)CC(C)NC(=O)c1c([N+](=O)[O-])cnn1CC. The van der Waals surface area contributed by atoms with Crippen molar-refractivity contribution >= 4 is 11.6 Å². The van der Waals surface area contributed by atoms with Gasteiger partial charge in [0.2, 0.25) is 5.69 Å². The minimum atomic E-state index is -0.555. The summed E-state index contributed by atoms with van der Waals surface area (Å²) in [6.07, 6.45) is 8.21. The Bertz CT molecular complexity index is 578. The number of aryl methyl sites for hydroxylation is 1.